The molecule has 2 N–H and O–H groups in total. The fourth-order valence-electron chi connectivity index (χ4n) is 2.94. The first-order valence-corrected chi connectivity index (χ1v) is 7.96. The van der Waals surface area contributed by atoms with Crippen molar-refractivity contribution >= 4 is 16.8 Å². The summed E-state index contributed by atoms with van der Waals surface area (Å²) >= 11 is 0. The van der Waals surface area contributed by atoms with Crippen molar-refractivity contribution in [3.05, 3.63) is 36.0 Å². The number of para-hydroxylation sites is 1. The van der Waals surface area contributed by atoms with Gasteiger partial charge in [-0.15, -0.1) is 0 Å². The Morgan fingerprint density at radius 1 is 1.45 bits per heavy atom. The molecule has 1 aliphatic heterocycles. The van der Waals surface area contributed by atoms with Crippen molar-refractivity contribution in [2.45, 2.75) is 19.4 Å². The van der Waals surface area contributed by atoms with E-state index in [1.165, 1.54) is 0 Å². The zero-order chi connectivity index (χ0) is 15.4. The van der Waals surface area contributed by atoms with E-state index < -0.39 is 0 Å². The number of rotatable bonds is 5. The van der Waals surface area contributed by atoms with Gasteiger partial charge in [0.05, 0.1) is 18.3 Å². The fourth-order valence-corrected chi connectivity index (χ4v) is 2.94. The minimum Gasteiger partial charge on any atom is -0.375 e. The number of hydrogen-bond acceptors (Lipinski definition) is 3. The highest BCUT2D eigenvalue weighted by atomic mass is 16.5. The van der Waals surface area contributed by atoms with Gasteiger partial charge in [0.15, 0.2) is 0 Å². The third kappa shape index (κ3) is 3.31. The predicted octanol–water partition coefficient (Wildman–Crippen LogP) is 2.01. The maximum atomic E-state index is 12.3. The van der Waals surface area contributed by atoms with E-state index in [0.717, 1.165) is 43.6 Å². The molecule has 5 nitrogen and oxygen atoms in total. The molecule has 22 heavy (non-hydrogen) atoms. The highest BCUT2D eigenvalue weighted by molar-refractivity contribution is 6.06. The Bertz CT molecular complexity index is 638. The molecule has 1 fully saturated rings. The summed E-state index contributed by atoms with van der Waals surface area (Å²) in [6.07, 6.45) is 2.84. The Labute approximate surface area is 130 Å². The van der Waals surface area contributed by atoms with Crippen LogP contribution in [0.1, 0.15) is 23.7 Å². The molecule has 1 amide bonds. The molecule has 5 heteroatoms. The van der Waals surface area contributed by atoms with E-state index in [4.69, 9.17) is 4.74 Å². The summed E-state index contributed by atoms with van der Waals surface area (Å²) in [5.41, 5.74) is 1.69. The molecule has 118 valence electrons. The van der Waals surface area contributed by atoms with Crippen LogP contribution in [0.5, 0.6) is 0 Å². The Balaban J connectivity index is 1.52. The van der Waals surface area contributed by atoms with Gasteiger partial charge in [-0.3, -0.25) is 9.69 Å². The summed E-state index contributed by atoms with van der Waals surface area (Å²) in [5.74, 6) is -0.0272. The molecular weight excluding hydrogens is 278 g/mol. The lowest BCUT2D eigenvalue weighted by Gasteiger charge is -2.32. The number of nitrogens with one attached hydrogen (secondary N) is 2. The zero-order valence-corrected chi connectivity index (χ0v) is 13.0. The Hall–Kier alpha value is -1.85. The number of ether oxygens (including phenoxy) is 1. The number of carbonyl (C=O) groups is 1. The summed E-state index contributed by atoms with van der Waals surface area (Å²) < 4.78 is 5.75. The summed E-state index contributed by atoms with van der Waals surface area (Å²) in [6.45, 7) is 6.62. The number of hydrogen-bond donors (Lipinski definition) is 2. The lowest BCUT2D eigenvalue weighted by atomic mass is 10.1. The van der Waals surface area contributed by atoms with E-state index in [-0.39, 0.29) is 12.0 Å². The molecule has 0 bridgehead atoms. The second-order valence-electron chi connectivity index (χ2n) is 5.68. The van der Waals surface area contributed by atoms with Gasteiger partial charge in [-0.05, 0) is 19.0 Å². The van der Waals surface area contributed by atoms with E-state index in [1.54, 1.807) is 6.20 Å². The SMILES string of the molecule is CCN1CCO[C@H](CCNC(=O)c2c[nH]c3ccccc23)C1. The zero-order valence-electron chi connectivity index (χ0n) is 13.0. The van der Waals surface area contributed by atoms with E-state index in [1.807, 2.05) is 24.3 Å². The lowest BCUT2D eigenvalue weighted by Crippen LogP contribution is -2.43. The van der Waals surface area contributed by atoms with Crippen molar-refractivity contribution in [2.24, 2.45) is 0 Å². The number of likely N-dealkylation sites (N-methyl/N-ethyl adjacent to an activating group) is 1. The molecular formula is C17H23N3O2. The van der Waals surface area contributed by atoms with Gasteiger partial charge in [-0.2, -0.15) is 0 Å². The van der Waals surface area contributed by atoms with Crippen molar-refractivity contribution in [1.82, 2.24) is 15.2 Å². The quantitative estimate of drug-likeness (QED) is 0.888. The van der Waals surface area contributed by atoms with Gasteiger partial charge < -0.3 is 15.0 Å². The van der Waals surface area contributed by atoms with Crippen LogP contribution >= 0.6 is 0 Å². The van der Waals surface area contributed by atoms with E-state index >= 15 is 0 Å². The number of carbonyl (C=O) groups excluding carboxylic acids is 1. The van der Waals surface area contributed by atoms with Crippen molar-refractivity contribution < 1.29 is 9.53 Å². The van der Waals surface area contributed by atoms with Gasteiger partial charge in [0, 0.05) is 36.7 Å². The monoisotopic (exact) mass is 301 g/mol. The van der Waals surface area contributed by atoms with E-state index in [0.29, 0.717) is 12.1 Å². The Kier molecular flexibility index (Phi) is 4.75. The normalized spacial score (nSPS) is 19.4. The van der Waals surface area contributed by atoms with Crippen LogP contribution in [0.15, 0.2) is 30.5 Å². The molecule has 2 heterocycles. The molecule has 1 aromatic heterocycles. The first-order valence-electron chi connectivity index (χ1n) is 7.96. The number of fused-ring (bicyclic) bond motifs is 1. The molecule has 1 aliphatic rings. The van der Waals surface area contributed by atoms with Gasteiger partial charge in [0.25, 0.3) is 5.91 Å². The Morgan fingerprint density at radius 2 is 2.32 bits per heavy atom. The average molecular weight is 301 g/mol. The summed E-state index contributed by atoms with van der Waals surface area (Å²) in [6, 6.07) is 7.84. The van der Waals surface area contributed by atoms with Crippen LogP contribution in [-0.2, 0) is 4.74 Å². The molecule has 0 aliphatic carbocycles. The smallest absolute Gasteiger partial charge is 0.253 e. The molecule has 0 spiro atoms. The van der Waals surface area contributed by atoms with Crippen LogP contribution in [-0.4, -0.2) is 54.7 Å². The van der Waals surface area contributed by atoms with E-state index in [2.05, 4.69) is 22.1 Å². The summed E-state index contributed by atoms with van der Waals surface area (Å²) in [4.78, 5) is 17.8. The van der Waals surface area contributed by atoms with Crippen molar-refractivity contribution in [2.75, 3.05) is 32.8 Å². The molecule has 0 radical (unpaired) electrons. The van der Waals surface area contributed by atoms with Crippen LogP contribution in [0, 0.1) is 0 Å². The topological polar surface area (TPSA) is 57.4 Å². The highest BCUT2D eigenvalue weighted by Gasteiger charge is 2.19. The number of aromatic amines is 1. The summed E-state index contributed by atoms with van der Waals surface area (Å²) in [7, 11) is 0. The molecule has 0 unspecified atom stereocenters. The minimum absolute atomic E-state index is 0.0272. The molecule has 2 aromatic rings. The molecule has 0 saturated carbocycles. The van der Waals surface area contributed by atoms with Gasteiger partial charge in [0.1, 0.15) is 0 Å². The second kappa shape index (κ2) is 6.94. The summed E-state index contributed by atoms with van der Waals surface area (Å²) in [5, 5.41) is 3.96. The van der Waals surface area contributed by atoms with Crippen LogP contribution < -0.4 is 5.32 Å². The van der Waals surface area contributed by atoms with Gasteiger partial charge in [-0.25, -0.2) is 0 Å². The molecule has 3 rings (SSSR count). The van der Waals surface area contributed by atoms with Crippen LogP contribution in [0.25, 0.3) is 10.9 Å². The molecule has 1 saturated heterocycles. The van der Waals surface area contributed by atoms with Crippen LogP contribution in [0.4, 0.5) is 0 Å². The maximum absolute atomic E-state index is 12.3. The number of H-pyrrole nitrogens is 1. The van der Waals surface area contributed by atoms with Crippen molar-refractivity contribution in [3.63, 3.8) is 0 Å². The first-order chi connectivity index (χ1) is 10.8. The number of aromatic nitrogens is 1. The van der Waals surface area contributed by atoms with E-state index in [9.17, 15) is 4.79 Å². The predicted molar refractivity (Wildman–Crippen MR) is 87.1 cm³/mol. The third-order valence-electron chi connectivity index (χ3n) is 4.26. The lowest BCUT2D eigenvalue weighted by molar-refractivity contribution is -0.0296. The molecule has 1 atom stereocenters. The molecule has 1 aromatic carbocycles. The maximum Gasteiger partial charge on any atom is 0.253 e. The second-order valence-corrected chi connectivity index (χ2v) is 5.68. The largest absolute Gasteiger partial charge is 0.375 e. The number of amides is 1. The van der Waals surface area contributed by atoms with Crippen LogP contribution in [0.3, 0.4) is 0 Å². The van der Waals surface area contributed by atoms with Gasteiger partial charge >= 0.3 is 0 Å². The number of nitrogens with zero attached hydrogens (tertiary/aromatic N) is 1. The van der Waals surface area contributed by atoms with Gasteiger partial charge in [0.2, 0.25) is 0 Å². The average Bonchev–Trinajstić information content (AvgIpc) is 2.99. The fraction of sp³-hybridized carbons (Fsp3) is 0.471. The number of benzene rings is 1. The van der Waals surface area contributed by atoms with Gasteiger partial charge in [-0.1, -0.05) is 25.1 Å². The number of morpholine rings is 1. The third-order valence-corrected chi connectivity index (χ3v) is 4.26. The Morgan fingerprint density at radius 3 is 3.18 bits per heavy atom. The minimum atomic E-state index is -0.0272. The van der Waals surface area contributed by atoms with Crippen molar-refractivity contribution in [3.8, 4) is 0 Å². The highest BCUT2D eigenvalue weighted by Crippen LogP contribution is 2.17. The first kappa shape index (κ1) is 15.1. The van der Waals surface area contributed by atoms with Crippen LogP contribution in [0.2, 0.25) is 0 Å². The van der Waals surface area contributed by atoms with Crippen molar-refractivity contribution in [1.29, 1.82) is 0 Å². The standard InChI is InChI=1S/C17H23N3O2/c1-2-20-9-10-22-13(12-20)7-8-18-17(21)15-11-19-16-6-4-3-5-14(15)16/h3-6,11,13,19H,2,7-10,12H2,1H3,(H,18,21)/t13-/m1/s1.